The summed E-state index contributed by atoms with van der Waals surface area (Å²) in [6, 6.07) is 7.86. The number of hydrogen-bond acceptors (Lipinski definition) is 2. The summed E-state index contributed by atoms with van der Waals surface area (Å²) in [5.74, 6) is 0.574. The van der Waals surface area contributed by atoms with Crippen LogP contribution in [-0.4, -0.2) is 19.0 Å². The summed E-state index contributed by atoms with van der Waals surface area (Å²) in [6.45, 7) is 7.38. The van der Waals surface area contributed by atoms with Crippen molar-refractivity contribution in [1.82, 2.24) is 0 Å². The van der Waals surface area contributed by atoms with Gasteiger partial charge in [0.15, 0.2) is 5.78 Å². The van der Waals surface area contributed by atoms with Gasteiger partial charge in [-0.1, -0.05) is 64.3 Å². The van der Waals surface area contributed by atoms with E-state index in [9.17, 15) is 4.79 Å². The molecule has 0 spiro atoms. The van der Waals surface area contributed by atoms with Gasteiger partial charge in [0.1, 0.15) is 6.61 Å². The number of carbonyl (C=O) groups excluding carboxylic acids is 1. The van der Waals surface area contributed by atoms with Gasteiger partial charge in [-0.3, -0.25) is 4.79 Å². The molecule has 19 heavy (non-hydrogen) atoms. The lowest BCUT2D eigenvalue weighted by Gasteiger charge is -2.07. The molecular weight excluding hydrogens is 236 g/mol. The molecule has 0 aromatic heterocycles. The van der Waals surface area contributed by atoms with Crippen molar-refractivity contribution in [3.05, 3.63) is 35.4 Å². The Hall–Kier alpha value is -1.15. The van der Waals surface area contributed by atoms with Gasteiger partial charge in [0.2, 0.25) is 0 Å². The van der Waals surface area contributed by atoms with Crippen LogP contribution in [0.4, 0.5) is 0 Å². The van der Waals surface area contributed by atoms with E-state index in [0.717, 1.165) is 12.0 Å². The Morgan fingerprint density at radius 2 is 1.79 bits per heavy atom. The van der Waals surface area contributed by atoms with Gasteiger partial charge in [-0.2, -0.15) is 0 Å². The van der Waals surface area contributed by atoms with Gasteiger partial charge in [-0.15, -0.1) is 0 Å². The minimum Gasteiger partial charge on any atom is -0.373 e. The van der Waals surface area contributed by atoms with Gasteiger partial charge >= 0.3 is 0 Å². The van der Waals surface area contributed by atoms with E-state index in [1.54, 1.807) is 0 Å². The van der Waals surface area contributed by atoms with Crippen molar-refractivity contribution < 1.29 is 9.53 Å². The lowest BCUT2D eigenvalue weighted by atomic mass is 10.0. The van der Waals surface area contributed by atoms with E-state index in [2.05, 4.69) is 20.8 Å². The van der Waals surface area contributed by atoms with E-state index in [1.165, 1.54) is 24.8 Å². The smallest absolute Gasteiger partial charge is 0.188 e. The maximum Gasteiger partial charge on any atom is 0.188 e. The highest BCUT2D eigenvalue weighted by molar-refractivity contribution is 5.97. The second-order valence-electron chi connectivity index (χ2n) is 5.31. The molecule has 0 saturated carbocycles. The van der Waals surface area contributed by atoms with Crippen LogP contribution < -0.4 is 0 Å². The molecule has 1 rings (SSSR count). The zero-order valence-electron chi connectivity index (χ0n) is 12.4. The Morgan fingerprint density at radius 1 is 1.11 bits per heavy atom. The Balaban J connectivity index is 2.29. The van der Waals surface area contributed by atoms with E-state index in [-0.39, 0.29) is 12.4 Å². The van der Waals surface area contributed by atoms with Crippen LogP contribution in [0.3, 0.4) is 0 Å². The molecule has 2 heteroatoms. The van der Waals surface area contributed by atoms with Crippen LogP contribution in [0.2, 0.25) is 0 Å². The van der Waals surface area contributed by atoms with Crippen molar-refractivity contribution in [2.24, 2.45) is 0 Å². The molecule has 0 heterocycles. The molecule has 0 saturated heterocycles. The minimum atomic E-state index is 0.0748. The Bertz CT molecular complexity index is 365. The normalized spacial score (nSPS) is 10.9. The topological polar surface area (TPSA) is 26.3 Å². The number of unbranched alkanes of at least 4 members (excludes halogenated alkanes) is 3. The number of ether oxygens (including phenoxy) is 1. The molecule has 0 aliphatic carbocycles. The SMILES string of the molecule is CCCCCCOCC(=O)c1ccc(C(C)C)cc1. The van der Waals surface area contributed by atoms with Gasteiger partial charge in [-0.25, -0.2) is 0 Å². The summed E-state index contributed by atoms with van der Waals surface area (Å²) >= 11 is 0. The fourth-order valence-corrected chi connectivity index (χ4v) is 1.93. The van der Waals surface area contributed by atoms with Crippen LogP contribution in [-0.2, 0) is 4.74 Å². The van der Waals surface area contributed by atoms with Gasteiger partial charge in [0.25, 0.3) is 0 Å². The first-order valence-corrected chi connectivity index (χ1v) is 7.36. The molecule has 106 valence electrons. The summed E-state index contributed by atoms with van der Waals surface area (Å²) in [7, 11) is 0. The van der Waals surface area contributed by atoms with Crippen molar-refractivity contribution in [2.45, 2.75) is 52.4 Å². The molecule has 0 radical (unpaired) electrons. The summed E-state index contributed by atoms with van der Waals surface area (Å²) in [4.78, 5) is 11.9. The van der Waals surface area contributed by atoms with Crippen molar-refractivity contribution in [3.8, 4) is 0 Å². The second-order valence-corrected chi connectivity index (χ2v) is 5.31. The van der Waals surface area contributed by atoms with Gasteiger partial charge in [0.05, 0.1) is 0 Å². The number of benzene rings is 1. The Labute approximate surface area is 117 Å². The Kier molecular flexibility index (Phi) is 7.42. The molecule has 0 aliphatic heterocycles. The van der Waals surface area contributed by atoms with Crippen LogP contribution >= 0.6 is 0 Å². The zero-order chi connectivity index (χ0) is 14.1. The monoisotopic (exact) mass is 262 g/mol. The van der Waals surface area contributed by atoms with Crippen molar-refractivity contribution in [3.63, 3.8) is 0 Å². The molecule has 0 N–H and O–H groups in total. The predicted octanol–water partition coefficient (Wildman–Crippen LogP) is 4.59. The van der Waals surface area contributed by atoms with Crippen LogP contribution in [0.5, 0.6) is 0 Å². The summed E-state index contributed by atoms with van der Waals surface area (Å²) in [5, 5.41) is 0. The third-order valence-corrected chi connectivity index (χ3v) is 3.27. The van der Waals surface area contributed by atoms with E-state index in [4.69, 9.17) is 4.74 Å². The molecule has 1 aromatic rings. The lowest BCUT2D eigenvalue weighted by molar-refractivity contribution is 0.0752. The number of ketones is 1. The summed E-state index contributed by atoms with van der Waals surface area (Å²) in [6.07, 6.45) is 4.70. The Morgan fingerprint density at radius 3 is 2.37 bits per heavy atom. The highest BCUT2D eigenvalue weighted by Gasteiger charge is 2.06. The lowest BCUT2D eigenvalue weighted by Crippen LogP contribution is -2.10. The standard InChI is InChI=1S/C17H26O2/c1-4-5-6-7-12-19-13-17(18)16-10-8-15(9-11-16)14(2)3/h8-11,14H,4-7,12-13H2,1-3H3. The highest BCUT2D eigenvalue weighted by Crippen LogP contribution is 2.15. The third kappa shape index (κ3) is 6.02. The first kappa shape index (κ1) is 15.9. The molecule has 0 amide bonds. The summed E-state index contributed by atoms with van der Waals surface area (Å²) in [5.41, 5.74) is 2.01. The van der Waals surface area contributed by atoms with E-state index >= 15 is 0 Å². The maximum absolute atomic E-state index is 11.9. The summed E-state index contributed by atoms with van der Waals surface area (Å²) < 4.78 is 5.42. The number of carbonyl (C=O) groups is 1. The molecule has 0 unspecified atom stereocenters. The number of Topliss-reactive ketones (excluding diaryl/α,β-unsaturated/α-hetero) is 1. The predicted molar refractivity (Wildman–Crippen MR) is 79.8 cm³/mol. The average molecular weight is 262 g/mol. The van der Waals surface area contributed by atoms with Crippen molar-refractivity contribution in [1.29, 1.82) is 0 Å². The second kappa shape index (κ2) is 8.87. The third-order valence-electron chi connectivity index (χ3n) is 3.27. The van der Waals surface area contributed by atoms with Crippen molar-refractivity contribution in [2.75, 3.05) is 13.2 Å². The van der Waals surface area contributed by atoms with Crippen LogP contribution in [0.25, 0.3) is 0 Å². The quantitative estimate of drug-likeness (QED) is 0.480. The van der Waals surface area contributed by atoms with Crippen LogP contribution in [0.15, 0.2) is 24.3 Å². The fraction of sp³-hybridized carbons (Fsp3) is 0.588. The molecule has 0 bridgehead atoms. The molecule has 2 nitrogen and oxygen atoms in total. The average Bonchev–Trinajstić information content (AvgIpc) is 2.42. The first-order valence-electron chi connectivity index (χ1n) is 7.36. The number of rotatable bonds is 9. The molecule has 0 aliphatic rings. The van der Waals surface area contributed by atoms with Gasteiger partial charge in [0, 0.05) is 12.2 Å². The first-order chi connectivity index (χ1) is 9.15. The largest absolute Gasteiger partial charge is 0.373 e. The van der Waals surface area contributed by atoms with E-state index in [1.807, 2.05) is 24.3 Å². The number of hydrogen-bond donors (Lipinski definition) is 0. The fourth-order valence-electron chi connectivity index (χ4n) is 1.93. The van der Waals surface area contributed by atoms with Crippen molar-refractivity contribution >= 4 is 5.78 Å². The molecular formula is C17H26O2. The maximum atomic E-state index is 11.9. The molecule has 1 aromatic carbocycles. The molecule has 0 fully saturated rings. The van der Waals surface area contributed by atoms with Crippen LogP contribution in [0.1, 0.15) is 68.3 Å². The zero-order valence-corrected chi connectivity index (χ0v) is 12.4. The van der Waals surface area contributed by atoms with Crippen LogP contribution in [0, 0.1) is 0 Å². The molecule has 0 atom stereocenters. The van der Waals surface area contributed by atoms with Gasteiger partial charge < -0.3 is 4.74 Å². The van der Waals surface area contributed by atoms with E-state index < -0.39 is 0 Å². The van der Waals surface area contributed by atoms with E-state index in [0.29, 0.717) is 12.5 Å². The van der Waals surface area contributed by atoms with Gasteiger partial charge in [-0.05, 0) is 17.9 Å². The highest BCUT2D eigenvalue weighted by atomic mass is 16.5. The minimum absolute atomic E-state index is 0.0748.